The van der Waals surface area contributed by atoms with Gasteiger partial charge in [0.15, 0.2) is 16.6 Å². The van der Waals surface area contributed by atoms with Crippen LogP contribution in [0.25, 0.3) is 0 Å². The Kier molecular flexibility index (Phi) is 4.16. The van der Waals surface area contributed by atoms with E-state index in [-0.39, 0.29) is 17.6 Å². The van der Waals surface area contributed by atoms with Gasteiger partial charge in [-0.15, -0.1) is 0 Å². The van der Waals surface area contributed by atoms with Crippen LogP contribution in [-0.4, -0.2) is 24.0 Å². The monoisotopic (exact) mass is 393 g/mol. The predicted octanol–water partition coefficient (Wildman–Crippen LogP) is 3.83. The summed E-state index contributed by atoms with van der Waals surface area (Å²) in [4.78, 5) is 17.8. The lowest BCUT2D eigenvalue weighted by atomic mass is 10.1. The van der Waals surface area contributed by atoms with Crippen LogP contribution in [0.4, 0.5) is 10.9 Å². The largest absolute Gasteiger partial charge is 0.486 e. The highest BCUT2D eigenvalue weighted by atomic mass is 32.1. The van der Waals surface area contributed by atoms with E-state index in [4.69, 9.17) is 15.2 Å². The van der Waals surface area contributed by atoms with Gasteiger partial charge in [-0.25, -0.2) is 4.98 Å². The summed E-state index contributed by atoms with van der Waals surface area (Å²) in [6.07, 6.45) is 2.04. The fourth-order valence-electron chi connectivity index (χ4n) is 3.73. The molecule has 2 aliphatic rings. The first-order valence-electron chi connectivity index (χ1n) is 9.24. The van der Waals surface area contributed by atoms with Crippen molar-refractivity contribution >= 4 is 28.1 Å². The van der Waals surface area contributed by atoms with Gasteiger partial charge in [-0.1, -0.05) is 35.6 Å². The number of nitrogens with one attached hydrogen (secondary N) is 1. The summed E-state index contributed by atoms with van der Waals surface area (Å²) in [6.45, 7) is 0.992. The van der Waals surface area contributed by atoms with E-state index in [9.17, 15) is 4.79 Å². The first-order valence-corrected chi connectivity index (χ1v) is 10.1. The smallest absolute Gasteiger partial charge is 0.206 e. The molecular formula is C21H19N3O3S. The Bertz CT molecular complexity index is 1060. The van der Waals surface area contributed by atoms with Crippen molar-refractivity contribution in [2.45, 2.75) is 18.9 Å². The number of fused-ring (bicyclic) bond motifs is 2. The topological polar surface area (TPSA) is 86.5 Å². The second kappa shape index (κ2) is 6.83. The normalized spacial score (nSPS) is 17.2. The molecule has 28 heavy (non-hydrogen) atoms. The maximum Gasteiger partial charge on any atom is 0.206 e. The molecular weight excluding hydrogens is 374 g/mol. The number of thiazole rings is 1. The average molecular weight is 393 g/mol. The van der Waals surface area contributed by atoms with Crippen molar-refractivity contribution < 1.29 is 14.3 Å². The van der Waals surface area contributed by atoms with Gasteiger partial charge < -0.3 is 20.5 Å². The van der Waals surface area contributed by atoms with Gasteiger partial charge in [0, 0.05) is 5.56 Å². The number of carbonyl (C=O) groups excluding carboxylic acids is 1. The molecule has 6 nitrogen and oxygen atoms in total. The van der Waals surface area contributed by atoms with Crippen molar-refractivity contribution in [3.8, 4) is 11.5 Å². The minimum Gasteiger partial charge on any atom is -0.486 e. The Hall–Kier alpha value is -3.06. The van der Waals surface area contributed by atoms with Gasteiger partial charge >= 0.3 is 0 Å². The maximum atomic E-state index is 13.0. The van der Waals surface area contributed by atoms with Gasteiger partial charge in [-0.2, -0.15) is 0 Å². The van der Waals surface area contributed by atoms with E-state index in [1.807, 2.05) is 6.07 Å². The first-order chi connectivity index (χ1) is 13.7. The number of carbonyl (C=O) groups is 1. The number of anilines is 2. The second-order valence-corrected chi connectivity index (χ2v) is 7.85. The quantitative estimate of drug-likeness (QED) is 0.655. The number of nitrogen functional groups attached to an aromatic ring is 1. The van der Waals surface area contributed by atoms with E-state index in [1.165, 1.54) is 22.5 Å². The fraction of sp³-hybridized carbons (Fsp3) is 0.238. The third kappa shape index (κ3) is 2.97. The lowest BCUT2D eigenvalue weighted by Gasteiger charge is -2.18. The highest BCUT2D eigenvalue weighted by Crippen LogP contribution is 2.37. The third-order valence-corrected chi connectivity index (χ3v) is 6.10. The van der Waals surface area contributed by atoms with E-state index in [0.717, 1.165) is 12.8 Å². The molecule has 1 atom stereocenters. The Labute approximate surface area is 166 Å². The van der Waals surface area contributed by atoms with Crippen molar-refractivity contribution in [2.75, 3.05) is 24.3 Å². The van der Waals surface area contributed by atoms with E-state index < -0.39 is 0 Å². The molecule has 0 amide bonds. The predicted molar refractivity (Wildman–Crippen MR) is 109 cm³/mol. The van der Waals surface area contributed by atoms with Crippen LogP contribution in [0.3, 0.4) is 0 Å². The minimum atomic E-state index is -0.160. The van der Waals surface area contributed by atoms with Gasteiger partial charge in [0.2, 0.25) is 5.78 Å². The number of ketones is 1. The number of nitrogens with two attached hydrogens (primary N) is 1. The number of nitrogens with zero attached hydrogens (tertiary/aromatic N) is 1. The van der Waals surface area contributed by atoms with Crippen LogP contribution in [0.15, 0.2) is 42.5 Å². The van der Waals surface area contributed by atoms with Crippen molar-refractivity contribution in [3.63, 3.8) is 0 Å². The van der Waals surface area contributed by atoms with Crippen molar-refractivity contribution in [2.24, 2.45) is 0 Å². The molecule has 1 aliphatic heterocycles. The molecule has 0 bridgehead atoms. The molecule has 0 saturated carbocycles. The summed E-state index contributed by atoms with van der Waals surface area (Å²) in [5.41, 5.74) is 9.23. The Morgan fingerprint density at radius 2 is 1.96 bits per heavy atom. The molecule has 0 spiro atoms. The van der Waals surface area contributed by atoms with E-state index in [0.29, 0.717) is 40.3 Å². The number of ether oxygens (including phenoxy) is 2. The summed E-state index contributed by atoms with van der Waals surface area (Å²) in [5.74, 6) is 1.33. The molecule has 1 aromatic heterocycles. The number of rotatable bonds is 4. The highest BCUT2D eigenvalue weighted by Gasteiger charge is 2.25. The summed E-state index contributed by atoms with van der Waals surface area (Å²) in [7, 11) is 0. The molecule has 2 aromatic carbocycles. The molecule has 1 aliphatic carbocycles. The van der Waals surface area contributed by atoms with E-state index in [2.05, 4.69) is 28.5 Å². The molecule has 142 valence electrons. The Balaban J connectivity index is 1.38. The summed E-state index contributed by atoms with van der Waals surface area (Å²) < 4.78 is 11.1. The van der Waals surface area contributed by atoms with Crippen LogP contribution in [0.2, 0.25) is 0 Å². The lowest BCUT2D eigenvalue weighted by molar-refractivity contribution is 0.104. The van der Waals surface area contributed by atoms with Gasteiger partial charge in [-0.05, 0) is 42.2 Å². The van der Waals surface area contributed by atoms with Gasteiger partial charge in [-0.3, -0.25) is 4.79 Å². The van der Waals surface area contributed by atoms with Crippen molar-refractivity contribution in [1.29, 1.82) is 0 Å². The SMILES string of the molecule is Nc1nc(N[C@H]2CCc3ccccc32)sc1C(=O)c1ccc2c(c1)OCCO2. The van der Waals surface area contributed by atoms with Crippen LogP contribution < -0.4 is 20.5 Å². The first kappa shape index (κ1) is 17.1. The van der Waals surface area contributed by atoms with Gasteiger partial charge in [0.25, 0.3) is 0 Å². The number of hydrogen-bond acceptors (Lipinski definition) is 7. The summed E-state index contributed by atoms with van der Waals surface area (Å²) in [5, 5.41) is 4.11. The number of aromatic nitrogens is 1. The van der Waals surface area contributed by atoms with E-state index in [1.54, 1.807) is 18.2 Å². The maximum absolute atomic E-state index is 13.0. The highest BCUT2D eigenvalue weighted by molar-refractivity contribution is 7.18. The van der Waals surface area contributed by atoms with Crippen LogP contribution >= 0.6 is 11.3 Å². The van der Waals surface area contributed by atoms with Crippen LogP contribution in [-0.2, 0) is 6.42 Å². The standard InChI is InChI=1S/C21H19N3O3S/c22-20-19(18(25)13-6-8-16-17(11-13)27-10-9-26-16)28-21(24-20)23-15-7-5-12-3-1-2-4-14(12)15/h1-4,6,8,11,15H,5,7,9-10,22H2,(H,23,24)/t15-/m0/s1. The van der Waals surface area contributed by atoms with Crippen LogP contribution in [0, 0.1) is 0 Å². The summed E-state index contributed by atoms with van der Waals surface area (Å²) in [6, 6.07) is 13.8. The number of hydrogen-bond donors (Lipinski definition) is 2. The van der Waals surface area contributed by atoms with Crippen molar-refractivity contribution in [3.05, 3.63) is 64.0 Å². The fourth-order valence-corrected chi connectivity index (χ4v) is 4.63. The van der Waals surface area contributed by atoms with Crippen LogP contribution in [0.5, 0.6) is 11.5 Å². The zero-order valence-corrected chi connectivity index (χ0v) is 15.9. The minimum absolute atomic E-state index is 0.160. The van der Waals surface area contributed by atoms with Gasteiger partial charge in [0.1, 0.15) is 23.9 Å². The Morgan fingerprint density at radius 3 is 2.86 bits per heavy atom. The second-order valence-electron chi connectivity index (χ2n) is 6.86. The van der Waals surface area contributed by atoms with Crippen LogP contribution in [0.1, 0.15) is 38.8 Å². The zero-order chi connectivity index (χ0) is 19.1. The Morgan fingerprint density at radius 1 is 1.14 bits per heavy atom. The van der Waals surface area contributed by atoms with Crippen molar-refractivity contribution in [1.82, 2.24) is 4.98 Å². The molecule has 0 radical (unpaired) electrons. The molecule has 0 unspecified atom stereocenters. The molecule has 5 rings (SSSR count). The summed E-state index contributed by atoms with van der Waals surface area (Å²) >= 11 is 1.29. The molecule has 3 aromatic rings. The average Bonchev–Trinajstić information content (AvgIpc) is 3.30. The third-order valence-electron chi connectivity index (χ3n) is 5.09. The number of benzene rings is 2. The molecule has 0 fully saturated rings. The zero-order valence-electron chi connectivity index (χ0n) is 15.1. The lowest BCUT2D eigenvalue weighted by Crippen LogP contribution is -2.15. The number of aryl methyl sites for hydroxylation is 1. The van der Waals surface area contributed by atoms with E-state index >= 15 is 0 Å². The van der Waals surface area contributed by atoms with Gasteiger partial charge in [0.05, 0.1) is 6.04 Å². The molecule has 7 heteroatoms. The molecule has 0 saturated heterocycles. The molecule has 3 N–H and O–H groups in total. The molecule has 2 heterocycles.